The molecule has 28 heavy (non-hydrogen) atoms. The lowest BCUT2D eigenvalue weighted by Crippen LogP contribution is -2.41. The molecule has 0 spiro atoms. The fourth-order valence-corrected chi connectivity index (χ4v) is 3.94. The number of nitrogens with one attached hydrogen (secondary N) is 1. The second kappa shape index (κ2) is 7.94. The Kier molecular flexibility index (Phi) is 5.77. The number of piperidine rings is 1. The van der Waals surface area contributed by atoms with Gasteiger partial charge >= 0.3 is 0 Å². The van der Waals surface area contributed by atoms with Crippen molar-refractivity contribution in [1.82, 2.24) is 14.5 Å². The summed E-state index contributed by atoms with van der Waals surface area (Å²) in [6.45, 7) is 1.69. The molecule has 1 fully saturated rings. The van der Waals surface area contributed by atoms with Crippen LogP contribution in [0.15, 0.2) is 16.9 Å². The molecule has 3 rings (SSSR count). The number of aryl methyl sites for hydroxylation is 1. The molecule has 2 aromatic rings. The van der Waals surface area contributed by atoms with Crippen LogP contribution < -0.4 is 29.8 Å². The quantitative estimate of drug-likeness (QED) is 0.682. The smallest absolute Gasteiger partial charge is 0.274 e. The molecule has 0 unspecified atom stereocenters. The lowest BCUT2D eigenvalue weighted by atomic mass is 9.97. The lowest BCUT2D eigenvalue weighted by molar-refractivity contribution is 0.355. The number of anilines is 1. The molecule has 154 valence electrons. The van der Waals surface area contributed by atoms with Gasteiger partial charge in [0.05, 0.1) is 19.6 Å². The summed E-state index contributed by atoms with van der Waals surface area (Å²) in [7, 11) is 1.00. The van der Waals surface area contributed by atoms with E-state index >= 15 is 0 Å². The molecule has 1 aromatic heterocycles. The van der Waals surface area contributed by atoms with Crippen LogP contribution in [0, 0.1) is 5.92 Å². The first-order chi connectivity index (χ1) is 13.2. The third-order valence-corrected chi connectivity index (χ3v) is 5.59. The number of aromatic nitrogens is 2. The van der Waals surface area contributed by atoms with Gasteiger partial charge in [-0.25, -0.2) is 14.5 Å². The van der Waals surface area contributed by atoms with Crippen LogP contribution in [0.25, 0.3) is 10.8 Å². The molecule has 0 saturated carbocycles. The number of fused-ring (bicyclic) bond motifs is 1. The van der Waals surface area contributed by atoms with Gasteiger partial charge < -0.3 is 14.4 Å². The summed E-state index contributed by atoms with van der Waals surface area (Å²) in [6.07, 6.45) is 1.56. The summed E-state index contributed by atoms with van der Waals surface area (Å²) in [6, 6.07) is 3.44. The minimum atomic E-state index is -3.68. The average molecular weight is 411 g/mol. The maximum Gasteiger partial charge on any atom is 0.274 e. The maximum absolute atomic E-state index is 12.6. The topological polar surface area (TPSA) is 129 Å². The molecular weight excluding hydrogens is 386 g/mol. The molecule has 1 aromatic carbocycles. The predicted molar refractivity (Wildman–Crippen MR) is 106 cm³/mol. The fourth-order valence-electron chi connectivity index (χ4n) is 3.47. The minimum Gasteiger partial charge on any atom is -0.493 e. The standard InChI is InChI=1S/C17H25N5O5S/c1-21-17(23)13-9-15(27-3)14(26-2)8-12(13)16(20-21)22-6-4-11(5-7-22)10-19-28(18,24)25/h8-9,11,19H,4-7,10H2,1-3H3,(H2,18,24,25). The van der Waals surface area contributed by atoms with Gasteiger partial charge in [0.2, 0.25) is 0 Å². The molecule has 2 heterocycles. The Labute approximate surface area is 163 Å². The van der Waals surface area contributed by atoms with Crippen molar-refractivity contribution in [2.45, 2.75) is 12.8 Å². The summed E-state index contributed by atoms with van der Waals surface area (Å²) < 4.78 is 36.5. The van der Waals surface area contributed by atoms with Crippen LogP contribution >= 0.6 is 0 Å². The first-order valence-corrected chi connectivity index (χ1v) is 10.4. The number of ether oxygens (including phenoxy) is 2. The zero-order chi connectivity index (χ0) is 20.5. The van der Waals surface area contributed by atoms with Crippen LogP contribution in [-0.4, -0.2) is 52.1 Å². The Morgan fingerprint density at radius 3 is 2.29 bits per heavy atom. The Balaban J connectivity index is 1.91. The summed E-state index contributed by atoms with van der Waals surface area (Å²) in [5.41, 5.74) is -0.216. The molecule has 0 atom stereocenters. The van der Waals surface area contributed by atoms with Gasteiger partial charge in [0, 0.05) is 32.1 Å². The maximum atomic E-state index is 12.6. The van der Waals surface area contributed by atoms with Crippen molar-refractivity contribution in [3.05, 3.63) is 22.5 Å². The van der Waals surface area contributed by atoms with Gasteiger partial charge in [0.15, 0.2) is 17.3 Å². The van der Waals surface area contributed by atoms with Crippen LogP contribution in [0.1, 0.15) is 12.8 Å². The van der Waals surface area contributed by atoms with E-state index in [2.05, 4.69) is 14.7 Å². The van der Waals surface area contributed by atoms with E-state index in [0.29, 0.717) is 47.7 Å². The number of nitrogens with zero attached hydrogens (tertiary/aromatic N) is 3. The van der Waals surface area contributed by atoms with Crippen LogP contribution in [0.3, 0.4) is 0 Å². The second-order valence-corrected chi connectivity index (χ2v) is 8.21. The highest BCUT2D eigenvalue weighted by Gasteiger charge is 2.24. The van der Waals surface area contributed by atoms with E-state index in [9.17, 15) is 13.2 Å². The lowest BCUT2D eigenvalue weighted by Gasteiger charge is -2.33. The number of methoxy groups -OCH3 is 2. The van der Waals surface area contributed by atoms with Crippen molar-refractivity contribution in [1.29, 1.82) is 0 Å². The molecular formula is C17H25N5O5S. The Hall–Kier alpha value is -2.37. The highest BCUT2D eigenvalue weighted by molar-refractivity contribution is 7.87. The van der Waals surface area contributed by atoms with Gasteiger partial charge in [-0.2, -0.15) is 13.5 Å². The molecule has 11 heteroatoms. The highest BCUT2D eigenvalue weighted by Crippen LogP contribution is 2.35. The van der Waals surface area contributed by atoms with Crippen LogP contribution in [0.2, 0.25) is 0 Å². The van der Waals surface area contributed by atoms with E-state index in [0.717, 1.165) is 12.8 Å². The van der Waals surface area contributed by atoms with Gasteiger partial charge in [0.25, 0.3) is 15.8 Å². The molecule has 10 nitrogen and oxygen atoms in total. The van der Waals surface area contributed by atoms with E-state index in [1.54, 1.807) is 26.3 Å². The van der Waals surface area contributed by atoms with Crippen LogP contribution in [0.4, 0.5) is 5.82 Å². The van der Waals surface area contributed by atoms with Crippen molar-refractivity contribution in [3.63, 3.8) is 0 Å². The number of nitrogens with two attached hydrogens (primary N) is 1. The molecule has 0 radical (unpaired) electrons. The summed E-state index contributed by atoms with van der Waals surface area (Å²) in [5, 5.41) is 10.7. The molecule has 0 aliphatic carbocycles. The fraction of sp³-hybridized carbons (Fsp3) is 0.529. The zero-order valence-electron chi connectivity index (χ0n) is 16.1. The average Bonchev–Trinajstić information content (AvgIpc) is 2.68. The molecule has 0 amide bonds. The van der Waals surface area contributed by atoms with Gasteiger partial charge in [-0.15, -0.1) is 0 Å². The number of rotatable bonds is 6. The van der Waals surface area contributed by atoms with Crippen molar-refractivity contribution >= 4 is 26.8 Å². The molecule has 1 aliphatic heterocycles. The van der Waals surface area contributed by atoms with Gasteiger partial charge in [-0.05, 0) is 30.9 Å². The Bertz CT molecular complexity index is 1030. The third kappa shape index (κ3) is 4.21. The highest BCUT2D eigenvalue weighted by atomic mass is 32.2. The molecule has 0 bridgehead atoms. The molecule has 1 aliphatic rings. The van der Waals surface area contributed by atoms with Crippen molar-refractivity contribution in [2.75, 3.05) is 38.8 Å². The summed E-state index contributed by atoms with van der Waals surface area (Å²) in [4.78, 5) is 14.7. The van der Waals surface area contributed by atoms with E-state index in [1.807, 2.05) is 0 Å². The molecule has 3 N–H and O–H groups in total. The zero-order valence-corrected chi connectivity index (χ0v) is 17.0. The third-order valence-electron chi connectivity index (χ3n) is 5.02. The van der Waals surface area contributed by atoms with E-state index in [1.165, 1.54) is 11.8 Å². The summed E-state index contributed by atoms with van der Waals surface area (Å²) in [5.74, 6) is 1.90. The number of benzene rings is 1. The van der Waals surface area contributed by atoms with Crippen LogP contribution in [-0.2, 0) is 17.3 Å². The number of hydrogen-bond donors (Lipinski definition) is 2. The monoisotopic (exact) mass is 411 g/mol. The normalized spacial score (nSPS) is 15.8. The Morgan fingerprint density at radius 2 is 1.75 bits per heavy atom. The van der Waals surface area contributed by atoms with E-state index < -0.39 is 10.2 Å². The number of hydrogen-bond acceptors (Lipinski definition) is 7. The predicted octanol–water partition coefficient (Wildman–Crippen LogP) is -0.0398. The van der Waals surface area contributed by atoms with Crippen molar-refractivity contribution in [2.24, 2.45) is 18.1 Å². The van der Waals surface area contributed by atoms with Gasteiger partial charge in [-0.3, -0.25) is 4.79 Å². The van der Waals surface area contributed by atoms with Gasteiger partial charge in [0.1, 0.15) is 0 Å². The Morgan fingerprint density at radius 1 is 1.18 bits per heavy atom. The summed E-state index contributed by atoms with van der Waals surface area (Å²) >= 11 is 0. The van der Waals surface area contributed by atoms with E-state index in [4.69, 9.17) is 14.6 Å². The van der Waals surface area contributed by atoms with E-state index in [-0.39, 0.29) is 11.5 Å². The van der Waals surface area contributed by atoms with Crippen LogP contribution in [0.5, 0.6) is 11.5 Å². The van der Waals surface area contributed by atoms with Crippen molar-refractivity contribution in [3.8, 4) is 11.5 Å². The van der Waals surface area contributed by atoms with Crippen molar-refractivity contribution < 1.29 is 17.9 Å². The largest absolute Gasteiger partial charge is 0.493 e. The van der Waals surface area contributed by atoms with Gasteiger partial charge in [-0.1, -0.05) is 0 Å². The first-order valence-electron chi connectivity index (χ1n) is 8.89. The first kappa shape index (κ1) is 20.4. The molecule has 1 saturated heterocycles. The minimum absolute atomic E-state index is 0.197. The SMILES string of the molecule is COc1cc2c(N3CCC(CNS(N)(=O)=O)CC3)nn(C)c(=O)c2cc1OC. The second-order valence-electron chi connectivity index (χ2n) is 6.83.